The predicted octanol–water partition coefficient (Wildman–Crippen LogP) is 2.94. The number of esters is 1. The molecular weight excluding hydrogens is 228 g/mol. The molecule has 1 fully saturated rings. The minimum absolute atomic E-state index is 0.0297. The van der Waals surface area contributed by atoms with E-state index in [2.05, 4.69) is 0 Å². The lowest BCUT2D eigenvalue weighted by Gasteiger charge is -2.26. The molecule has 0 radical (unpaired) electrons. The number of rotatable bonds is 4. The van der Waals surface area contributed by atoms with Gasteiger partial charge in [0.05, 0.1) is 12.0 Å². The Hall–Kier alpha value is -1.35. The third-order valence-corrected chi connectivity index (χ3v) is 3.37. The Balaban J connectivity index is 1.80. The van der Waals surface area contributed by atoms with Crippen molar-refractivity contribution in [1.29, 1.82) is 0 Å². The van der Waals surface area contributed by atoms with E-state index in [1.165, 1.54) is 0 Å². The van der Waals surface area contributed by atoms with Crippen LogP contribution >= 0.6 is 0 Å². The lowest BCUT2D eigenvalue weighted by molar-refractivity contribution is -0.156. The van der Waals surface area contributed by atoms with E-state index in [4.69, 9.17) is 9.47 Å². The van der Waals surface area contributed by atoms with E-state index in [9.17, 15) is 4.79 Å². The quantitative estimate of drug-likeness (QED) is 0.768. The van der Waals surface area contributed by atoms with Crippen LogP contribution in [-0.4, -0.2) is 18.7 Å². The lowest BCUT2D eigenvalue weighted by Crippen LogP contribution is -2.32. The second-order valence-corrected chi connectivity index (χ2v) is 4.79. The third kappa shape index (κ3) is 3.57. The molecule has 0 spiro atoms. The smallest absolute Gasteiger partial charge is 0.311 e. The summed E-state index contributed by atoms with van der Waals surface area (Å²) < 4.78 is 10.9. The highest BCUT2D eigenvalue weighted by molar-refractivity contribution is 5.72. The molecule has 0 N–H and O–H groups in total. The summed E-state index contributed by atoms with van der Waals surface area (Å²) in [4.78, 5) is 11.9. The second kappa shape index (κ2) is 6.55. The number of carbonyl (C=O) groups is 1. The zero-order chi connectivity index (χ0) is 12.8. The average Bonchev–Trinajstić information content (AvgIpc) is 2.46. The van der Waals surface area contributed by atoms with Crippen molar-refractivity contribution in [2.45, 2.75) is 38.9 Å². The molecule has 1 aromatic rings. The van der Waals surface area contributed by atoms with Gasteiger partial charge in [0.25, 0.3) is 0 Å². The van der Waals surface area contributed by atoms with Crippen LogP contribution < -0.4 is 0 Å². The fourth-order valence-corrected chi connectivity index (χ4v) is 2.17. The molecule has 3 heteroatoms. The molecule has 2 atom stereocenters. The second-order valence-electron chi connectivity index (χ2n) is 4.79. The molecule has 1 aromatic carbocycles. The molecule has 1 heterocycles. The van der Waals surface area contributed by atoms with Gasteiger partial charge in [0.1, 0.15) is 6.61 Å². The Morgan fingerprint density at radius 2 is 2.17 bits per heavy atom. The molecule has 0 saturated carbocycles. The molecule has 1 aliphatic heterocycles. The van der Waals surface area contributed by atoms with Crippen molar-refractivity contribution in [1.82, 2.24) is 0 Å². The lowest BCUT2D eigenvalue weighted by atomic mass is 9.97. The molecule has 0 bridgehead atoms. The molecule has 3 nitrogen and oxygen atoms in total. The van der Waals surface area contributed by atoms with Gasteiger partial charge < -0.3 is 9.47 Å². The fourth-order valence-electron chi connectivity index (χ4n) is 2.17. The van der Waals surface area contributed by atoms with Crippen LogP contribution in [0.15, 0.2) is 30.3 Å². The van der Waals surface area contributed by atoms with Gasteiger partial charge in [0.15, 0.2) is 0 Å². The van der Waals surface area contributed by atoms with Crippen molar-refractivity contribution in [2.75, 3.05) is 6.61 Å². The predicted molar refractivity (Wildman–Crippen MR) is 69.0 cm³/mol. The van der Waals surface area contributed by atoms with Crippen molar-refractivity contribution in [3.8, 4) is 0 Å². The summed E-state index contributed by atoms with van der Waals surface area (Å²) in [6, 6.07) is 9.74. The van der Waals surface area contributed by atoms with E-state index in [0.29, 0.717) is 6.61 Å². The molecule has 1 aliphatic rings. The first kappa shape index (κ1) is 13.1. The van der Waals surface area contributed by atoms with Crippen LogP contribution in [0.5, 0.6) is 0 Å². The Bertz CT molecular complexity index is 369. The summed E-state index contributed by atoms with van der Waals surface area (Å²) in [6.45, 7) is 3.00. The standard InChI is InChI=1S/C15H20O3/c1-12(14-9-5-6-10-17-14)15(16)18-11-13-7-3-2-4-8-13/h2-4,7-8,12,14H,5-6,9-11H2,1H3/t12?,14-/m0/s1. The number of carbonyl (C=O) groups excluding carboxylic acids is 1. The zero-order valence-corrected chi connectivity index (χ0v) is 10.8. The molecule has 0 aliphatic carbocycles. The summed E-state index contributed by atoms with van der Waals surface area (Å²) in [5.41, 5.74) is 1.02. The van der Waals surface area contributed by atoms with Gasteiger partial charge in [0.2, 0.25) is 0 Å². The van der Waals surface area contributed by atoms with E-state index < -0.39 is 0 Å². The molecule has 2 rings (SSSR count). The SMILES string of the molecule is CC(C(=O)OCc1ccccc1)[C@@H]1CCCCO1. The Morgan fingerprint density at radius 3 is 2.83 bits per heavy atom. The maximum Gasteiger partial charge on any atom is 0.311 e. The topological polar surface area (TPSA) is 35.5 Å². The van der Waals surface area contributed by atoms with Gasteiger partial charge in [-0.1, -0.05) is 30.3 Å². The first-order chi connectivity index (χ1) is 8.77. The number of hydrogen-bond acceptors (Lipinski definition) is 3. The third-order valence-electron chi connectivity index (χ3n) is 3.37. The van der Waals surface area contributed by atoms with Crippen LogP contribution in [0.1, 0.15) is 31.7 Å². The zero-order valence-electron chi connectivity index (χ0n) is 10.8. The van der Waals surface area contributed by atoms with E-state index >= 15 is 0 Å². The summed E-state index contributed by atoms with van der Waals surface area (Å²) in [5.74, 6) is -0.334. The number of hydrogen-bond donors (Lipinski definition) is 0. The normalized spacial score (nSPS) is 21.3. The first-order valence-corrected chi connectivity index (χ1v) is 6.59. The van der Waals surface area contributed by atoms with Crippen molar-refractivity contribution in [3.63, 3.8) is 0 Å². The average molecular weight is 248 g/mol. The molecule has 1 unspecified atom stereocenters. The molecule has 0 aromatic heterocycles. The Kier molecular flexibility index (Phi) is 4.76. The van der Waals surface area contributed by atoms with Gasteiger partial charge in [-0.2, -0.15) is 0 Å². The van der Waals surface area contributed by atoms with Gasteiger partial charge in [-0.3, -0.25) is 4.79 Å². The maximum absolute atomic E-state index is 11.9. The largest absolute Gasteiger partial charge is 0.461 e. The van der Waals surface area contributed by atoms with E-state index in [1.807, 2.05) is 37.3 Å². The minimum Gasteiger partial charge on any atom is -0.461 e. The summed E-state index contributed by atoms with van der Waals surface area (Å²) >= 11 is 0. The van der Waals surface area contributed by atoms with Crippen LogP contribution in [0, 0.1) is 5.92 Å². The Morgan fingerprint density at radius 1 is 1.39 bits per heavy atom. The molecule has 98 valence electrons. The van der Waals surface area contributed by atoms with Crippen molar-refractivity contribution in [3.05, 3.63) is 35.9 Å². The summed E-state index contributed by atoms with van der Waals surface area (Å²) in [5, 5.41) is 0. The maximum atomic E-state index is 11.9. The first-order valence-electron chi connectivity index (χ1n) is 6.59. The number of benzene rings is 1. The molecule has 0 amide bonds. The minimum atomic E-state index is -0.172. The van der Waals surface area contributed by atoms with Crippen LogP contribution in [0.2, 0.25) is 0 Å². The van der Waals surface area contributed by atoms with Gasteiger partial charge in [0, 0.05) is 6.61 Å². The highest BCUT2D eigenvalue weighted by atomic mass is 16.5. The van der Waals surface area contributed by atoms with Crippen LogP contribution in [0.25, 0.3) is 0 Å². The van der Waals surface area contributed by atoms with Crippen molar-refractivity contribution >= 4 is 5.97 Å². The highest BCUT2D eigenvalue weighted by Gasteiger charge is 2.27. The number of ether oxygens (including phenoxy) is 2. The van der Waals surface area contributed by atoms with Crippen LogP contribution in [-0.2, 0) is 20.9 Å². The van der Waals surface area contributed by atoms with E-state index in [-0.39, 0.29) is 18.0 Å². The van der Waals surface area contributed by atoms with Gasteiger partial charge >= 0.3 is 5.97 Å². The van der Waals surface area contributed by atoms with Gasteiger partial charge in [-0.15, -0.1) is 0 Å². The van der Waals surface area contributed by atoms with Crippen molar-refractivity contribution < 1.29 is 14.3 Å². The van der Waals surface area contributed by atoms with Gasteiger partial charge in [-0.05, 0) is 31.7 Å². The summed E-state index contributed by atoms with van der Waals surface area (Å²) in [6.07, 6.45) is 3.23. The Labute approximate surface area is 108 Å². The van der Waals surface area contributed by atoms with E-state index in [0.717, 1.165) is 31.4 Å². The highest BCUT2D eigenvalue weighted by Crippen LogP contribution is 2.21. The molecular formula is C15H20O3. The summed E-state index contributed by atoms with van der Waals surface area (Å²) in [7, 11) is 0. The fraction of sp³-hybridized carbons (Fsp3) is 0.533. The molecule has 18 heavy (non-hydrogen) atoms. The monoisotopic (exact) mass is 248 g/mol. The van der Waals surface area contributed by atoms with Crippen LogP contribution in [0.3, 0.4) is 0 Å². The molecule has 1 saturated heterocycles. The van der Waals surface area contributed by atoms with Gasteiger partial charge in [-0.25, -0.2) is 0 Å². The van der Waals surface area contributed by atoms with Crippen LogP contribution in [0.4, 0.5) is 0 Å². The van der Waals surface area contributed by atoms with E-state index in [1.54, 1.807) is 0 Å². The van der Waals surface area contributed by atoms with Crippen molar-refractivity contribution in [2.24, 2.45) is 5.92 Å².